The molecule has 1 N–H and O–H groups in total. The van der Waals surface area contributed by atoms with Crippen molar-refractivity contribution in [3.63, 3.8) is 0 Å². The Kier molecular flexibility index (Phi) is 3.85. The van der Waals surface area contributed by atoms with E-state index in [-0.39, 0.29) is 11.3 Å². The predicted octanol–water partition coefficient (Wildman–Crippen LogP) is 2.54. The van der Waals surface area contributed by atoms with Gasteiger partial charge in [0.15, 0.2) is 0 Å². The monoisotopic (exact) mass is 350 g/mol. The smallest absolute Gasteiger partial charge is 0.271 e. The number of carbonyl (C=O) groups excluding carboxylic acids is 1. The third-order valence-corrected chi connectivity index (χ3v) is 6.61. The van der Waals surface area contributed by atoms with E-state index in [4.69, 9.17) is 0 Å². The van der Waals surface area contributed by atoms with E-state index >= 15 is 0 Å². The molecule has 2 aliphatic heterocycles. The van der Waals surface area contributed by atoms with Crippen molar-refractivity contribution in [2.24, 2.45) is 11.8 Å². The highest BCUT2D eigenvalue weighted by atomic mass is 16.2. The molecule has 26 heavy (non-hydrogen) atoms. The van der Waals surface area contributed by atoms with Crippen LogP contribution in [-0.4, -0.2) is 58.4 Å². The largest absolute Gasteiger partial charge is 0.341 e. The Morgan fingerprint density at radius 3 is 2.81 bits per heavy atom. The van der Waals surface area contributed by atoms with Crippen molar-refractivity contribution in [2.75, 3.05) is 32.7 Å². The minimum absolute atomic E-state index is 0.0878. The summed E-state index contributed by atoms with van der Waals surface area (Å²) in [6.07, 6.45) is 7.05. The molecule has 0 bridgehead atoms. The van der Waals surface area contributed by atoms with E-state index in [0.717, 1.165) is 38.5 Å². The molecule has 1 amide bonds. The maximum atomic E-state index is 12.8. The van der Waals surface area contributed by atoms with Gasteiger partial charge in [-0.1, -0.05) is 30.3 Å². The summed E-state index contributed by atoms with van der Waals surface area (Å²) in [6, 6.07) is 11.0. The van der Waals surface area contributed by atoms with Crippen LogP contribution in [0.1, 0.15) is 35.3 Å². The Bertz CT molecular complexity index is 771. The number of amides is 1. The highest BCUT2D eigenvalue weighted by molar-refractivity contribution is 5.92. The first-order valence-corrected chi connectivity index (χ1v) is 9.80. The Morgan fingerprint density at radius 1 is 1.23 bits per heavy atom. The van der Waals surface area contributed by atoms with E-state index in [9.17, 15) is 4.79 Å². The normalized spacial score (nSPS) is 28.9. The molecule has 5 nitrogen and oxygen atoms in total. The Morgan fingerprint density at radius 2 is 2.08 bits per heavy atom. The lowest BCUT2D eigenvalue weighted by Gasteiger charge is -2.44. The van der Waals surface area contributed by atoms with Gasteiger partial charge in [-0.05, 0) is 30.7 Å². The summed E-state index contributed by atoms with van der Waals surface area (Å²) in [4.78, 5) is 24.5. The quantitative estimate of drug-likeness (QED) is 0.922. The van der Waals surface area contributed by atoms with Crippen molar-refractivity contribution >= 4 is 5.91 Å². The van der Waals surface area contributed by atoms with Crippen LogP contribution < -0.4 is 0 Å². The van der Waals surface area contributed by atoms with Crippen LogP contribution in [0.4, 0.5) is 0 Å². The molecule has 136 valence electrons. The van der Waals surface area contributed by atoms with Crippen LogP contribution in [0.2, 0.25) is 0 Å². The summed E-state index contributed by atoms with van der Waals surface area (Å²) in [6.45, 7) is 5.15. The molecule has 0 radical (unpaired) electrons. The molecule has 1 aromatic carbocycles. The predicted molar refractivity (Wildman–Crippen MR) is 99.9 cm³/mol. The number of rotatable bonds is 4. The van der Waals surface area contributed by atoms with Gasteiger partial charge in [0.1, 0.15) is 5.69 Å². The van der Waals surface area contributed by atoms with Gasteiger partial charge < -0.3 is 14.8 Å². The molecule has 3 aliphatic rings. The van der Waals surface area contributed by atoms with E-state index < -0.39 is 0 Å². The molecular weight excluding hydrogens is 324 g/mol. The second-order valence-corrected chi connectivity index (χ2v) is 8.32. The molecular formula is C21H26N4O. The lowest BCUT2D eigenvalue weighted by molar-refractivity contribution is 0.0597. The number of hydrogen-bond acceptors (Lipinski definition) is 3. The van der Waals surface area contributed by atoms with Gasteiger partial charge >= 0.3 is 0 Å². The van der Waals surface area contributed by atoms with Crippen LogP contribution in [0, 0.1) is 11.8 Å². The van der Waals surface area contributed by atoms with Crippen molar-refractivity contribution < 1.29 is 4.79 Å². The average molecular weight is 350 g/mol. The Labute approximate surface area is 154 Å². The summed E-state index contributed by atoms with van der Waals surface area (Å²) < 4.78 is 0. The molecule has 1 saturated carbocycles. The second kappa shape index (κ2) is 6.23. The molecule has 1 aliphatic carbocycles. The number of likely N-dealkylation sites (tertiary alicyclic amines) is 2. The van der Waals surface area contributed by atoms with E-state index in [1.54, 1.807) is 12.5 Å². The van der Waals surface area contributed by atoms with Crippen LogP contribution in [0.5, 0.6) is 0 Å². The molecule has 2 saturated heterocycles. The van der Waals surface area contributed by atoms with Gasteiger partial charge in [0.05, 0.1) is 12.5 Å². The molecule has 5 heteroatoms. The van der Waals surface area contributed by atoms with Gasteiger partial charge in [-0.15, -0.1) is 0 Å². The fraction of sp³-hybridized carbons (Fsp3) is 0.524. The summed E-state index contributed by atoms with van der Waals surface area (Å²) in [5.74, 6) is 1.50. The van der Waals surface area contributed by atoms with Gasteiger partial charge in [-0.3, -0.25) is 4.79 Å². The molecule has 3 heterocycles. The number of carbonyl (C=O) groups is 1. The van der Waals surface area contributed by atoms with E-state index in [1.165, 1.54) is 24.9 Å². The van der Waals surface area contributed by atoms with Crippen LogP contribution in [0.3, 0.4) is 0 Å². The number of fused-ring (bicyclic) bond motifs is 1. The number of aromatic nitrogens is 2. The number of benzene rings is 1. The maximum absolute atomic E-state index is 12.8. The van der Waals surface area contributed by atoms with E-state index in [2.05, 4.69) is 45.2 Å². The zero-order chi connectivity index (χ0) is 17.6. The third kappa shape index (κ3) is 2.75. The Hall–Kier alpha value is -2.14. The Balaban J connectivity index is 1.41. The average Bonchev–Trinajstić information content (AvgIpc) is 3.19. The molecule has 3 fully saturated rings. The summed E-state index contributed by atoms with van der Waals surface area (Å²) in [5.41, 5.74) is 2.25. The zero-order valence-corrected chi connectivity index (χ0v) is 15.1. The number of nitrogens with zero attached hydrogens (tertiary/aromatic N) is 3. The molecule has 2 atom stereocenters. The van der Waals surface area contributed by atoms with Gasteiger partial charge in [0.2, 0.25) is 0 Å². The topological polar surface area (TPSA) is 52.2 Å². The number of nitrogens with one attached hydrogen (secondary N) is 1. The minimum atomic E-state index is 0.0878. The van der Waals surface area contributed by atoms with E-state index in [1.807, 2.05) is 4.90 Å². The molecule has 0 spiro atoms. The molecule has 5 rings (SSSR count). The first-order chi connectivity index (χ1) is 12.7. The lowest BCUT2D eigenvalue weighted by atomic mass is 9.68. The minimum Gasteiger partial charge on any atom is -0.341 e. The van der Waals surface area contributed by atoms with Crippen LogP contribution in [-0.2, 0) is 5.41 Å². The summed E-state index contributed by atoms with van der Waals surface area (Å²) >= 11 is 0. The first kappa shape index (κ1) is 16.1. The van der Waals surface area contributed by atoms with E-state index in [0.29, 0.717) is 11.6 Å². The second-order valence-electron chi connectivity index (χ2n) is 8.32. The third-order valence-electron chi connectivity index (χ3n) is 6.61. The van der Waals surface area contributed by atoms with Gasteiger partial charge in [-0.25, -0.2) is 4.98 Å². The standard InChI is InChI=1S/C21H26N4O/c26-20(19-10-22-15-23-19)25-9-8-21(17-4-2-1-3-5-17)14-24(11-16-6-7-16)12-18(21)13-25/h1-5,10,15-16,18H,6-9,11-14H2,(H,22,23)/t18-,21-/m0/s1. The highest BCUT2D eigenvalue weighted by Crippen LogP contribution is 2.46. The van der Waals surface area contributed by atoms with Gasteiger partial charge in [0.25, 0.3) is 5.91 Å². The van der Waals surface area contributed by atoms with Gasteiger partial charge in [-0.2, -0.15) is 0 Å². The molecule has 0 unspecified atom stereocenters. The fourth-order valence-corrected chi connectivity index (χ4v) is 5.06. The highest BCUT2D eigenvalue weighted by Gasteiger charge is 2.51. The van der Waals surface area contributed by atoms with Crippen molar-refractivity contribution in [2.45, 2.75) is 24.7 Å². The molecule has 2 aromatic rings. The lowest BCUT2D eigenvalue weighted by Crippen LogP contribution is -2.51. The van der Waals surface area contributed by atoms with Crippen LogP contribution in [0.25, 0.3) is 0 Å². The van der Waals surface area contributed by atoms with Crippen molar-refractivity contribution in [1.29, 1.82) is 0 Å². The van der Waals surface area contributed by atoms with Crippen molar-refractivity contribution in [3.8, 4) is 0 Å². The first-order valence-electron chi connectivity index (χ1n) is 9.80. The van der Waals surface area contributed by atoms with Crippen molar-refractivity contribution in [1.82, 2.24) is 19.8 Å². The maximum Gasteiger partial charge on any atom is 0.271 e. The number of H-pyrrole nitrogens is 1. The number of aromatic amines is 1. The number of piperidine rings is 1. The summed E-state index contributed by atoms with van der Waals surface area (Å²) in [7, 11) is 0. The summed E-state index contributed by atoms with van der Waals surface area (Å²) in [5, 5.41) is 0. The SMILES string of the molecule is O=C(c1cnc[nH]1)N1CC[C@@]2(c3ccccc3)CN(CC3CC3)C[C@H]2C1. The van der Waals surface area contributed by atoms with Gasteiger partial charge in [0, 0.05) is 44.1 Å². The zero-order valence-electron chi connectivity index (χ0n) is 15.1. The van der Waals surface area contributed by atoms with Crippen molar-refractivity contribution in [3.05, 3.63) is 54.1 Å². The van der Waals surface area contributed by atoms with Crippen LogP contribution >= 0.6 is 0 Å². The molecule has 1 aromatic heterocycles. The fourth-order valence-electron chi connectivity index (χ4n) is 5.06. The number of hydrogen-bond donors (Lipinski definition) is 1. The number of imidazole rings is 1. The van der Waals surface area contributed by atoms with Crippen LogP contribution in [0.15, 0.2) is 42.9 Å².